The predicted octanol–water partition coefficient (Wildman–Crippen LogP) is 3.58. The number of hydrogen-bond acceptors (Lipinski definition) is 1. The minimum absolute atomic E-state index is 0.0806. The SMILES string of the molecule is NC(Cc1ccccc1)(Cc1ccccc1)C1CC1. The molecule has 0 saturated heterocycles. The lowest BCUT2D eigenvalue weighted by atomic mass is 9.81. The fourth-order valence-corrected chi connectivity index (χ4v) is 2.96. The second kappa shape index (κ2) is 5.18. The van der Waals surface area contributed by atoms with Crippen LogP contribution in [0.2, 0.25) is 0 Å². The summed E-state index contributed by atoms with van der Waals surface area (Å²) in [6.45, 7) is 0. The summed E-state index contributed by atoms with van der Waals surface area (Å²) in [6, 6.07) is 21.3. The van der Waals surface area contributed by atoms with Gasteiger partial charge in [-0.3, -0.25) is 0 Å². The van der Waals surface area contributed by atoms with E-state index in [0.717, 1.165) is 12.8 Å². The van der Waals surface area contributed by atoms with Crippen molar-refractivity contribution >= 4 is 0 Å². The van der Waals surface area contributed by atoms with Crippen molar-refractivity contribution in [2.75, 3.05) is 0 Å². The fourth-order valence-electron chi connectivity index (χ4n) is 2.96. The summed E-state index contributed by atoms with van der Waals surface area (Å²) in [7, 11) is 0. The lowest BCUT2D eigenvalue weighted by Gasteiger charge is -2.30. The molecule has 0 amide bonds. The smallest absolute Gasteiger partial charge is 0.0264 e. The topological polar surface area (TPSA) is 26.0 Å². The quantitative estimate of drug-likeness (QED) is 0.863. The highest BCUT2D eigenvalue weighted by Crippen LogP contribution is 2.41. The van der Waals surface area contributed by atoms with Gasteiger partial charge in [0, 0.05) is 5.54 Å². The maximum absolute atomic E-state index is 6.77. The molecule has 98 valence electrons. The molecule has 0 bridgehead atoms. The van der Waals surface area contributed by atoms with Crippen LogP contribution < -0.4 is 5.73 Å². The molecular formula is C18H21N. The minimum atomic E-state index is -0.0806. The molecule has 1 fully saturated rings. The Hall–Kier alpha value is -1.60. The largest absolute Gasteiger partial charge is 0.324 e. The Labute approximate surface area is 115 Å². The standard InChI is InChI=1S/C18H21N/c19-18(17-11-12-17,13-15-7-3-1-4-8-15)14-16-9-5-2-6-10-16/h1-10,17H,11-14,19H2. The number of benzene rings is 2. The Morgan fingerprint density at radius 3 is 1.58 bits per heavy atom. The zero-order chi connectivity index (χ0) is 13.1. The molecule has 0 heterocycles. The van der Waals surface area contributed by atoms with Gasteiger partial charge in [-0.05, 0) is 42.7 Å². The third kappa shape index (κ3) is 3.05. The summed E-state index contributed by atoms with van der Waals surface area (Å²) in [6.07, 6.45) is 4.53. The molecule has 2 N–H and O–H groups in total. The van der Waals surface area contributed by atoms with Crippen LogP contribution in [-0.2, 0) is 12.8 Å². The molecule has 0 spiro atoms. The monoisotopic (exact) mass is 251 g/mol. The maximum Gasteiger partial charge on any atom is 0.0264 e. The summed E-state index contributed by atoms with van der Waals surface area (Å²) in [5.41, 5.74) is 9.40. The molecule has 1 nitrogen and oxygen atoms in total. The third-order valence-corrected chi connectivity index (χ3v) is 4.14. The highest BCUT2D eigenvalue weighted by molar-refractivity contribution is 5.24. The highest BCUT2D eigenvalue weighted by Gasteiger charge is 2.41. The van der Waals surface area contributed by atoms with E-state index in [1.807, 2.05) is 0 Å². The average molecular weight is 251 g/mol. The molecule has 19 heavy (non-hydrogen) atoms. The van der Waals surface area contributed by atoms with Gasteiger partial charge >= 0.3 is 0 Å². The van der Waals surface area contributed by atoms with Gasteiger partial charge in [-0.1, -0.05) is 60.7 Å². The van der Waals surface area contributed by atoms with E-state index < -0.39 is 0 Å². The first-order valence-corrected chi connectivity index (χ1v) is 7.13. The zero-order valence-electron chi connectivity index (χ0n) is 11.3. The van der Waals surface area contributed by atoms with E-state index in [1.54, 1.807) is 0 Å². The van der Waals surface area contributed by atoms with Crippen molar-refractivity contribution in [3.63, 3.8) is 0 Å². The van der Waals surface area contributed by atoms with E-state index in [4.69, 9.17) is 5.73 Å². The van der Waals surface area contributed by atoms with Gasteiger partial charge in [0.1, 0.15) is 0 Å². The van der Waals surface area contributed by atoms with Gasteiger partial charge in [0.05, 0.1) is 0 Å². The van der Waals surface area contributed by atoms with E-state index in [-0.39, 0.29) is 5.54 Å². The number of rotatable bonds is 5. The first-order chi connectivity index (χ1) is 9.26. The Bertz CT molecular complexity index is 472. The van der Waals surface area contributed by atoms with Crippen molar-refractivity contribution in [1.82, 2.24) is 0 Å². The van der Waals surface area contributed by atoms with Crippen LogP contribution in [0.3, 0.4) is 0 Å². The summed E-state index contributed by atoms with van der Waals surface area (Å²) in [5.74, 6) is 0.688. The normalized spacial score (nSPS) is 15.4. The summed E-state index contributed by atoms with van der Waals surface area (Å²) < 4.78 is 0. The maximum atomic E-state index is 6.77. The second-order valence-electron chi connectivity index (χ2n) is 5.83. The van der Waals surface area contributed by atoms with Crippen LogP contribution in [-0.4, -0.2) is 5.54 Å². The van der Waals surface area contributed by atoms with E-state index in [1.165, 1.54) is 24.0 Å². The Balaban J connectivity index is 1.79. The second-order valence-corrected chi connectivity index (χ2v) is 5.83. The van der Waals surface area contributed by atoms with Gasteiger partial charge in [0.25, 0.3) is 0 Å². The summed E-state index contributed by atoms with van der Waals surface area (Å²) in [5, 5.41) is 0. The minimum Gasteiger partial charge on any atom is -0.324 e. The Morgan fingerprint density at radius 2 is 1.21 bits per heavy atom. The van der Waals surface area contributed by atoms with Crippen molar-refractivity contribution in [3.8, 4) is 0 Å². The zero-order valence-corrected chi connectivity index (χ0v) is 11.3. The molecule has 0 radical (unpaired) electrons. The molecule has 0 aliphatic heterocycles. The molecule has 1 saturated carbocycles. The van der Waals surface area contributed by atoms with Gasteiger partial charge in [-0.25, -0.2) is 0 Å². The number of hydrogen-bond donors (Lipinski definition) is 1. The Morgan fingerprint density at radius 1 is 0.789 bits per heavy atom. The van der Waals surface area contributed by atoms with Gasteiger partial charge in [0.15, 0.2) is 0 Å². The first-order valence-electron chi connectivity index (χ1n) is 7.13. The van der Waals surface area contributed by atoms with E-state index in [9.17, 15) is 0 Å². The number of nitrogens with two attached hydrogens (primary N) is 1. The van der Waals surface area contributed by atoms with Crippen LogP contribution in [0.4, 0.5) is 0 Å². The van der Waals surface area contributed by atoms with Crippen LogP contribution in [0.25, 0.3) is 0 Å². The molecule has 1 aliphatic rings. The third-order valence-electron chi connectivity index (χ3n) is 4.14. The lowest BCUT2D eigenvalue weighted by Crippen LogP contribution is -2.46. The highest BCUT2D eigenvalue weighted by atomic mass is 14.8. The Kier molecular flexibility index (Phi) is 3.39. The first kappa shape index (κ1) is 12.4. The predicted molar refractivity (Wildman–Crippen MR) is 79.9 cm³/mol. The van der Waals surface area contributed by atoms with E-state index in [2.05, 4.69) is 60.7 Å². The molecule has 0 unspecified atom stereocenters. The van der Waals surface area contributed by atoms with Gasteiger partial charge < -0.3 is 5.73 Å². The van der Waals surface area contributed by atoms with Crippen LogP contribution >= 0.6 is 0 Å². The van der Waals surface area contributed by atoms with Crippen molar-refractivity contribution < 1.29 is 0 Å². The van der Waals surface area contributed by atoms with Crippen LogP contribution in [0.1, 0.15) is 24.0 Å². The molecule has 3 rings (SSSR count). The van der Waals surface area contributed by atoms with Gasteiger partial charge in [-0.15, -0.1) is 0 Å². The molecule has 2 aromatic carbocycles. The van der Waals surface area contributed by atoms with Crippen LogP contribution in [0.5, 0.6) is 0 Å². The van der Waals surface area contributed by atoms with E-state index in [0.29, 0.717) is 5.92 Å². The van der Waals surface area contributed by atoms with E-state index >= 15 is 0 Å². The molecule has 0 atom stereocenters. The van der Waals surface area contributed by atoms with Crippen molar-refractivity contribution in [3.05, 3.63) is 71.8 Å². The van der Waals surface area contributed by atoms with Gasteiger partial charge in [0.2, 0.25) is 0 Å². The van der Waals surface area contributed by atoms with Crippen LogP contribution in [0, 0.1) is 5.92 Å². The summed E-state index contributed by atoms with van der Waals surface area (Å²) >= 11 is 0. The van der Waals surface area contributed by atoms with Gasteiger partial charge in [-0.2, -0.15) is 0 Å². The van der Waals surface area contributed by atoms with Crippen molar-refractivity contribution in [1.29, 1.82) is 0 Å². The molecule has 2 aromatic rings. The molecular weight excluding hydrogens is 230 g/mol. The average Bonchev–Trinajstić information content (AvgIpc) is 3.25. The van der Waals surface area contributed by atoms with Crippen molar-refractivity contribution in [2.45, 2.75) is 31.2 Å². The van der Waals surface area contributed by atoms with Crippen LogP contribution in [0.15, 0.2) is 60.7 Å². The van der Waals surface area contributed by atoms with Crippen molar-refractivity contribution in [2.24, 2.45) is 11.7 Å². The summed E-state index contributed by atoms with van der Waals surface area (Å²) in [4.78, 5) is 0. The lowest BCUT2D eigenvalue weighted by molar-refractivity contribution is 0.364. The molecule has 1 aliphatic carbocycles. The fraction of sp³-hybridized carbons (Fsp3) is 0.333. The molecule has 1 heteroatoms. The molecule has 0 aromatic heterocycles.